The van der Waals surface area contributed by atoms with E-state index in [0.717, 1.165) is 25.3 Å². The van der Waals surface area contributed by atoms with Crippen LogP contribution in [0.25, 0.3) is 0 Å². The highest BCUT2D eigenvalue weighted by Gasteiger charge is 2.08. The highest BCUT2D eigenvalue weighted by molar-refractivity contribution is 5.33. The normalized spacial score (nSPS) is 12.8. The Morgan fingerprint density at radius 1 is 1.18 bits per heavy atom. The van der Waals surface area contributed by atoms with Crippen LogP contribution in [0.1, 0.15) is 33.3 Å². The van der Waals surface area contributed by atoms with Crippen molar-refractivity contribution >= 4 is 0 Å². The van der Waals surface area contributed by atoms with E-state index < -0.39 is 0 Å². The third-order valence-corrected chi connectivity index (χ3v) is 2.67. The molecule has 1 rings (SSSR count). The van der Waals surface area contributed by atoms with Gasteiger partial charge in [0.25, 0.3) is 0 Å². The van der Waals surface area contributed by atoms with Gasteiger partial charge in [-0.3, -0.25) is 0 Å². The molecule has 96 valence electrons. The van der Waals surface area contributed by atoms with Crippen LogP contribution in [0.3, 0.4) is 0 Å². The lowest BCUT2D eigenvalue weighted by atomic mass is 10.1. The van der Waals surface area contributed by atoms with E-state index in [0.29, 0.717) is 12.0 Å². The Labute approximate surface area is 105 Å². The molecule has 0 heterocycles. The molecule has 1 atom stereocenters. The van der Waals surface area contributed by atoms with E-state index in [1.54, 1.807) is 0 Å². The van der Waals surface area contributed by atoms with Gasteiger partial charge in [0.2, 0.25) is 0 Å². The molecule has 2 nitrogen and oxygen atoms in total. The molecule has 1 N–H and O–H groups in total. The zero-order chi connectivity index (χ0) is 12.7. The highest BCUT2D eigenvalue weighted by Crippen LogP contribution is 2.19. The van der Waals surface area contributed by atoms with Gasteiger partial charge in [0.1, 0.15) is 5.75 Å². The molecule has 0 aliphatic rings. The van der Waals surface area contributed by atoms with Crippen molar-refractivity contribution in [3.8, 4) is 5.75 Å². The largest absolute Gasteiger partial charge is 0.494 e. The zero-order valence-corrected chi connectivity index (χ0v) is 11.5. The second-order valence-electron chi connectivity index (χ2n) is 4.95. The smallest absolute Gasteiger partial charge is 0.122 e. The summed E-state index contributed by atoms with van der Waals surface area (Å²) in [6, 6.07) is 8.79. The summed E-state index contributed by atoms with van der Waals surface area (Å²) in [4.78, 5) is 0. The van der Waals surface area contributed by atoms with Crippen molar-refractivity contribution in [3.05, 3.63) is 29.8 Å². The molecule has 0 saturated carbocycles. The predicted molar refractivity (Wildman–Crippen MR) is 73.6 cm³/mol. The number of hydrogen-bond acceptors (Lipinski definition) is 2. The molecule has 0 bridgehead atoms. The second-order valence-corrected chi connectivity index (χ2v) is 4.95. The van der Waals surface area contributed by atoms with Gasteiger partial charge in [0, 0.05) is 6.04 Å². The molecular weight excluding hydrogens is 210 g/mol. The number of rotatable bonds is 7. The molecule has 0 aromatic heterocycles. The maximum Gasteiger partial charge on any atom is 0.122 e. The Bertz CT molecular complexity index is 322. The number of benzene rings is 1. The van der Waals surface area contributed by atoms with E-state index in [1.807, 2.05) is 19.1 Å². The van der Waals surface area contributed by atoms with Crippen LogP contribution in [-0.2, 0) is 6.42 Å². The van der Waals surface area contributed by atoms with Crippen molar-refractivity contribution in [2.75, 3.05) is 13.2 Å². The van der Waals surface area contributed by atoms with Gasteiger partial charge in [0.05, 0.1) is 6.61 Å². The van der Waals surface area contributed by atoms with E-state index in [1.165, 1.54) is 5.56 Å². The minimum Gasteiger partial charge on any atom is -0.494 e. The molecule has 1 unspecified atom stereocenters. The van der Waals surface area contributed by atoms with Crippen molar-refractivity contribution in [2.24, 2.45) is 5.92 Å². The third kappa shape index (κ3) is 5.22. The fourth-order valence-corrected chi connectivity index (χ4v) is 1.81. The molecular formula is C15H25NO. The molecule has 0 aliphatic carbocycles. The van der Waals surface area contributed by atoms with Crippen LogP contribution < -0.4 is 10.1 Å². The van der Waals surface area contributed by atoms with Gasteiger partial charge in [-0.15, -0.1) is 0 Å². The van der Waals surface area contributed by atoms with Crippen LogP contribution in [0.2, 0.25) is 0 Å². The predicted octanol–water partition coefficient (Wildman–Crippen LogP) is 3.26. The number of nitrogens with one attached hydrogen (secondary N) is 1. The zero-order valence-electron chi connectivity index (χ0n) is 11.5. The first-order chi connectivity index (χ1) is 8.13. The molecule has 0 radical (unpaired) electrons. The monoisotopic (exact) mass is 235 g/mol. The van der Waals surface area contributed by atoms with E-state index in [-0.39, 0.29) is 0 Å². The SMILES string of the molecule is CCOc1ccccc1CC(C)NCC(C)C. The van der Waals surface area contributed by atoms with Gasteiger partial charge < -0.3 is 10.1 Å². The van der Waals surface area contributed by atoms with Gasteiger partial charge in [-0.05, 0) is 44.4 Å². The van der Waals surface area contributed by atoms with Crippen LogP contribution in [0.4, 0.5) is 0 Å². The third-order valence-electron chi connectivity index (χ3n) is 2.67. The number of hydrogen-bond donors (Lipinski definition) is 1. The van der Waals surface area contributed by atoms with E-state index in [2.05, 4.69) is 38.2 Å². The summed E-state index contributed by atoms with van der Waals surface area (Å²) < 4.78 is 5.64. The van der Waals surface area contributed by atoms with Crippen molar-refractivity contribution in [3.63, 3.8) is 0 Å². The van der Waals surface area contributed by atoms with Crippen molar-refractivity contribution < 1.29 is 4.74 Å². The lowest BCUT2D eigenvalue weighted by molar-refractivity contribution is 0.334. The Morgan fingerprint density at radius 3 is 2.53 bits per heavy atom. The van der Waals surface area contributed by atoms with E-state index in [9.17, 15) is 0 Å². The van der Waals surface area contributed by atoms with Gasteiger partial charge >= 0.3 is 0 Å². The Hall–Kier alpha value is -1.02. The van der Waals surface area contributed by atoms with Crippen LogP contribution in [0.5, 0.6) is 5.75 Å². The summed E-state index contributed by atoms with van der Waals surface area (Å²) in [6.45, 7) is 10.5. The summed E-state index contributed by atoms with van der Waals surface area (Å²) in [5, 5.41) is 3.54. The molecule has 0 fully saturated rings. The summed E-state index contributed by atoms with van der Waals surface area (Å²) in [6.07, 6.45) is 1.02. The average Bonchev–Trinajstić information content (AvgIpc) is 2.29. The summed E-state index contributed by atoms with van der Waals surface area (Å²) >= 11 is 0. The molecule has 0 aliphatic heterocycles. The second kappa shape index (κ2) is 7.33. The topological polar surface area (TPSA) is 21.3 Å². The molecule has 0 spiro atoms. The number of ether oxygens (including phenoxy) is 1. The van der Waals surface area contributed by atoms with Crippen LogP contribution in [-0.4, -0.2) is 19.2 Å². The molecule has 1 aromatic rings. The first-order valence-electron chi connectivity index (χ1n) is 6.57. The number of para-hydroxylation sites is 1. The van der Waals surface area contributed by atoms with Crippen LogP contribution in [0.15, 0.2) is 24.3 Å². The molecule has 0 saturated heterocycles. The molecule has 2 heteroatoms. The van der Waals surface area contributed by atoms with Crippen molar-refractivity contribution in [1.29, 1.82) is 0 Å². The molecule has 0 amide bonds. The Balaban J connectivity index is 2.54. The maximum atomic E-state index is 5.64. The highest BCUT2D eigenvalue weighted by atomic mass is 16.5. The standard InChI is InChI=1S/C15H25NO/c1-5-17-15-9-7-6-8-14(15)10-13(4)16-11-12(2)3/h6-9,12-13,16H,5,10-11H2,1-4H3. The van der Waals surface area contributed by atoms with Crippen molar-refractivity contribution in [1.82, 2.24) is 5.32 Å². The fraction of sp³-hybridized carbons (Fsp3) is 0.600. The minimum absolute atomic E-state index is 0.485. The lowest BCUT2D eigenvalue weighted by Gasteiger charge is -2.17. The molecule has 17 heavy (non-hydrogen) atoms. The fourth-order valence-electron chi connectivity index (χ4n) is 1.81. The summed E-state index contributed by atoms with van der Waals surface area (Å²) in [5.74, 6) is 1.72. The first kappa shape index (κ1) is 14.0. The van der Waals surface area contributed by atoms with E-state index in [4.69, 9.17) is 4.74 Å². The Kier molecular flexibility index (Phi) is 6.06. The molecule has 1 aromatic carbocycles. The van der Waals surface area contributed by atoms with Crippen LogP contribution >= 0.6 is 0 Å². The van der Waals surface area contributed by atoms with E-state index >= 15 is 0 Å². The minimum atomic E-state index is 0.485. The van der Waals surface area contributed by atoms with Gasteiger partial charge in [-0.25, -0.2) is 0 Å². The summed E-state index contributed by atoms with van der Waals surface area (Å²) in [5.41, 5.74) is 1.29. The van der Waals surface area contributed by atoms with Gasteiger partial charge in [-0.2, -0.15) is 0 Å². The van der Waals surface area contributed by atoms with Gasteiger partial charge in [-0.1, -0.05) is 32.0 Å². The van der Waals surface area contributed by atoms with Crippen molar-refractivity contribution in [2.45, 2.75) is 40.2 Å². The first-order valence-corrected chi connectivity index (χ1v) is 6.57. The summed E-state index contributed by atoms with van der Waals surface area (Å²) in [7, 11) is 0. The Morgan fingerprint density at radius 2 is 1.88 bits per heavy atom. The quantitative estimate of drug-likeness (QED) is 0.783. The maximum absolute atomic E-state index is 5.64. The van der Waals surface area contributed by atoms with Gasteiger partial charge in [0.15, 0.2) is 0 Å². The van der Waals surface area contributed by atoms with Crippen LogP contribution in [0, 0.1) is 5.92 Å². The lowest BCUT2D eigenvalue weighted by Crippen LogP contribution is -2.31. The average molecular weight is 235 g/mol.